The number of nitrogens with zero attached hydrogens (tertiary/aromatic N) is 10. The van der Waals surface area contributed by atoms with Crippen LogP contribution in [0, 0.1) is 36.3 Å². The molecular weight excluding hydrogens is 1080 g/mol. The van der Waals surface area contributed by atoms with Gasteiger partial charge in [-0.25, -0.2) is 13.2 Å². The normalized spacial score (nSPS) is 23.8. The van der Waals surface area contributed by atoms with Gasteiger partial charge in [0.05, 0.1) is 34.8 Å². The van der Waals surface area contributed by atoms with Gasteiger partial charge in [0.25, 0.3) is 0 Å². The van der Waals surface area contributed by atoms with E-state index in [1.165, 1.54) is 44.9 Å². The highest BCUT2D eigenvalue weighted by Crippen LogP contribution is 2.42. The van der Waals surface area contributed by atoms with E-state index in [2.05, 4.69) is 52.0 Å². The van der Waals surface area contributed by atoms with Crippen molar-refractivity contribution >= 4 is 55.2 Å². The zero-order valence-electron chi connectivity index (χ0n) is 47.5. The van der Waals surface area contributed by atoms with E-state index in [4.69, 9.17) is 42.3 Å². The molecule has 85 heavy (non-hydrogen) atoms. The standard InChI is InChI=1S/C33H33FN6O2.C26H22FN5O2.C7H12FN/c1-2-25-27(34)8-5-20-13-24(41)15-26(29(20)25)21-14-28-30(35-16-21)31(39-17-22-6-7-23(18-39)36-22)38-32(37-28)42-19-33-9-3-11-40(33)12-4-10-33;1-3-19-21(27)7-4-14-8-18(33)10-20(23(14)19)15-9-22-24(28-11-15)25(31-26(30-22)34-2)32-12-16-5-6-17(13-32)29-16;8-6-4-7-2-1-3-9(7)5-6/h1,5,8,13-16,22-23,36,41H,3-4,6-7,9-12,17-19H2;1,4,7-11,16-17,29,33H,5-6,12-13H2,2H3;6-7H,1-5H2/t22-,23?;;/m1../s1. The molecule has 19 heteroatoms. The quantitative estimate of drug-likeness (QED) is 0.106. The van der Waals surface area contributed by atoms with Crippen LogP contribution in [-0.4, -0.2) is 158 Å². The zero-order chi connectivity index (χ0) is 58.1. The Morgan fingerprint density at radius 3 is 1.64 bits per heavy atom. The van der Waals surface area contributed by atoms with Crippen molar-refractivity contribution in [3.8, 4) is 70.5 Å². The third kappa shape index (κ3) is 10.4. The fraction of sp³-hybridized carbons (Fsp3) is 0.424. The summed E-state index contributed by atoms with van der Waals surface area (Å²) in [6, 6.07) is 18.9. The van der Waals surface area contributed by atoms with Gasteiger partial charge in [0.1, 0.15) is 46.9 Å². The number of anilines is 2. The third-order valence-electron chi connectivity index (χ3n) is 19.0. The Balaban J connectivity index is 0.000000133. The number of pyridine rings is 2. The van der Waals surface area contributed by atoms with Crippen LogP contribution in [0.4, 0.5) is 24.8 Å². The molecule has 4 bridgehead atoms. The van der Waals surface area contributed by atoms with Gasteiger partial charge < -0.3 is 40.1 Å². The highest BCUT2D eigenvalue weighted by Gasteiger charge is 2.45. The minimum absolute atomic E-state index is 0.0504. The molecule has 4 aromatic carbocycles. The maximum Gasteiger partial charge on any atom is 0.319 e. The van der Waals surface area contributed by atoms with Crippen LogP contribution in [-0.2, 0) is 0 Å². The molecule has 0 saturated carbocycles. The van der Waals surface area contributed by atoms with Crippen molar-refractivity contribution < 1.29 is 32.9 Å². The van der Waals surface area contributed by atoms with Crippen molar-refractivity contribution in [2.24, 2.45) is 0 Å². The molecule has 5 unspecified atom stereocenters. The number of aromatic nitrogens is 6. The number of halogens is 3. The van der Waals surface area contributed by atoms with Gasteiger partial charge in [-0.3, -0.25) is 19.8 Å². The van der Waals surface area contributed by atoms with Crippen LogP contribution in [0.15, 0.2) is 73.1 Å². The number of phenolic OH excluding ortho intramolecular Hbond substituents is 2. The monoisotopic (exact) mass is 1150 g/mol. The molecular formula is C66H67F3N12O4. The van der Waals surface area contributed by atoms with Gasteiger partial charge in [0, 0.05) is 97.2 Å². The predicted molar refractivity (Wildman–Crippen MR) is 323 cm³/mol. The average molecular weight is 1150 g/mol. The van der Waals surface area contributed by atoms with Crippen molar-refractivity contribution in [3.63, 3.8) is 0 Å². The molecule has 4 N–H and O–H groups in total. The lowest BCUT2D eigenvalue weighted by Crippen LogP contribution is -2.51. The molecule has 436 valence electrons. The molecule has 16 rings (SSSR count). The Morgan fingerprint density at radius 1 is 0.635 bits per heavy atom. The maximum absolute atomic E-state index is 14.8. The van der Waals surface area contributed by atoms with Crippen LogP contribution in [0.3, 0.4) is 0 Å². The van der Waals surface area contributed by atoms with E-state index in [0.29, 0.717) is 115 Å². The lowest BCUT2D eigenvalue weighted by Gasteiger charge is -2.34. The third-order valence-corrected chi connectivity index (χ3v) is 19.0. The van der Waals surface area contributed by atoms with Crippen molar-refractivity contribution in [3.05, 3.63) is 95.8 Å². The zero-order valence-corrected chi connectivity index (χ0v) is 47.5. The molecule has 6 atom stereocenters. The van der Waals surface area contributed by atoms with E-state index in [1.54, 1.807) is 48.8 Å². The van der Waals surface area contributed by atoms with Crippen LogP contribution in [0.25, 0.3) is 65.9 Å². The number of phenols is 2. The van der Waals surface area contributed by atoms with Crippen molar-refractivity contribution in [2.75, 3.05) is 75.9 Å². The summed E-state index contributed by atoms with van der Waals surface area (Å²) in [5, 5.41) is 30.6. The minimum atomic E-state index is -0.518. The summed E-state index contributed by atoms with van der Waals surface area (Å²) in [5.41, 5.74) is 5.48. The number of nitrogens with one attached hydrogen (secondary N) is 2. The molecule has 4 aromatic heterocycles. The molecule has 0 spiro atoms. The van der Waals surface area contributed by atoms with Gasteiger partial charge in [-0.1, -0.05) is 24.0 Å². The van der Waals surface area contributed by atoms with Gasteiger partial charge in [-0.05, 0) is 161 Å². The molecule has 8 aromatic rings. The fourth-order valence-electron chi connectivity index (χ4n) is 15.1. The molecule has 16 nitrogen and oxygen atoms in total. The fourth-order valence-corrected chi connectivity index (χ4v) is 15.1. The second-order valence-corrected chi connectivity index (χ2v) is 24.3. The number of aromatic hydroxyl groups is 2. The number of alkyl halides is 1. The van der Waals surface area contributed by atoms with E-state index in [-0.39, 0.29) is 34.2 Å². The topological polar surface area (TPSA) is 173 Å². The van der Waals surface area contributed by atoms with E-state index in [0.717, 1.165) is 102 Å². The molecule has 8 saturated heterocycles. The average Bonchev–Trinajstić information content (AvgIpc) is 3.27. The van der Waals surface area contributed by atoms with Gasteiger partial charge in [-0.2, -0.15) is 19.9 Å². The number of methoxy groups -OCH3 is 1. The van der Waals surface area contributed by atoms with Crippen LogP contribution >= 0.6 is 0 Å². The molecule has 8 aliphatic heterocycles. The largest absolute Gasteiger partial charge is 0.508 e. The van der Waals surface area contributed by atoms with Crippen LogP contribution < -0.4 is 29.9 Å². The summed E-state index contributed by atoms with van der Waals surface area (Å²) in [4.78, 5) is 38.0. The molecule has 0 amide bonds. The Hall–Kier alpha value is -8.07. The van der Waals surface area contributed by atoms with Gasteiger partial charge in [0.15, 0.2) is 11.6 Å². The number of ether oxygens (including phenoxy) is 2. The molecule has 0 aliphatic carbocycles. The number of terminal acetylenes is 2. The summed E-state index contributed by atoms with van der Waals surface area (Å²) in [6.07, 6.45) is 26.9. The smallest absolute Gasteiger partial charge is 0.319 e. The Labute approximate surface area is 491 Å². The molecule has 8 aliphatic rings. The summed E-state index contributed by atoms with van der Waals surface area (Å²) < 4.78 is 53.8. The maximum atomic E-state index is 14.8. The summed E-state index contributed by atoms with van der Waals surface area (Å²) in [6.45, 7) is 8.07. The minimum Gasteiger partial charge on any atom is -0.508 e. The van der Waals surface area contributed by atoms with Gasteiger partial charge >= 0.3 is 12.0 Å². The van der Waals surface area contributed by atoms with Crippen molar-refractivity contribution in [2.45, 2.75) is 113 Å². The molecule has 8 fully saturated rings. The lowest BCUT2D eigenvalue weighted by molar-refractivity contribution is 0.108. The SMILES string of the molecule is C#Cc1c(F)ccc2cc(O)cc(-c3cnc4c(N5CC6CCC(C5)N6)nc(OC)nc4c3)c12.C#Cc1c(F)ccc2cc(O)cc(-c3cnc4c(N5CC6CC[C@H](C5)N6)nc(OCC56CCCN5CCC6)nc4c3)c12.FC1CC2CCCN2C1. The number of fused-ring (bicyclic) bond motifs is 10. The summed E-state index contributed by atoms with van der Waals surface area (Å²) >= 11 is 0. The first-order chi connectivity index (χ1) is 41.4. The Morgan fingerprint density at radius 2 is 1.14 bits per heavy atom. The first-order valence-electron chi connectivity index (χ1n) is 29.9. The predicted octanol–water partition coefficient (Wildman–Crippen LogP) is 9.43. The molecule has 12 heterocycles. The van der Waals surface area contributed by atoms with Crippen LogP contribution in [0.1, 0.15) is 81.8 Å². The first kappa shape index (κ1) is 54.8. The van der Waals surface area contributed by atoms with Crippen LogP contribution in [0.5, 0.6) is 23.5 Å². The van der Waals surface area contributed by atoms with E-state index >= 15 is 0 Å². The number of hydrogen-bond acceptors (Lipinski definition) is 16. The number of piperazine rings is 2. The number of benzene rings is 4. The van der Waals surface area contributed by atoms with Crippen LogP contribution in [0.2, 0.25) is 0 Å². The first-order valence-corrected chi connectivity index (χ1v) is 29.9. The Bertz CT molecular complexity index is 3980. The highest BCUT2D eigenvalue weighted by molar-refractivity contribution is 6.04. The second kappa shape index (κ2) is 22.4. The Kier molecular flexibility index (Phi) is 14.5. The van der Waals surface area contributed by atoms with E-state index in [1.807, 2.05) is 12.1 Å². The number of hydrogen-bond donors (Lipinski definition) is 4. The highest BCUT2D eigenvalue weighted by atomic mass is 19.1. The molecule has 0 radical (unpaired) electrons. The summed E-state index contributed by atoms with van der Waals surface area (Å²) in [7, 11) is 1.54. The van der Waals surface area contributed by atoms with Gasteiger partial charge in [0.2, 0.25) is 0 Å². The van der Waals surface area contributed by atoms with Crippen molar-refractivity contribution in [1.82, 2.24) is 50.3 Å². The van der Waals surface area contributed by atoms with Gasteiger partial charge in [-0.15, -0.1) is 12.8 Å². The number of rotatable bonds is 8. The van der Waals surface area contributed by atoms with E-state index in [9.17, 15) is 23.4 Å². The lowest BCUT2D eigenvalue weighted by atomic mass is 9.94. The second-order valence-electron chi connectivity index (χ2n) is 24.3. The summed E-state index contributed by atoms with van der Waals surface area (Å²) in [5.74, 6) is 5.62. The van der Waals surface area contributed by atoms with E-state index < -0.39 is 17.8 Å². The van der Waals surface area contributed by atoms with Crippen molar-refractivity contribution in [1.29, 1.82) is 0 Å².